The summed E-state index contributed by atoms with van der Waals surface area (Å²) in [5, 5.41) is 0. The van der Waals surface area contributed by atoms with Gasteiger partial charge in [-0.3, -0.25) is 4.79 Å². The third kappa shape index (κ3) is 3.69. The minimum atomic E-state index is -0.302. The van der Waals surface area contributed by atoms with Crippen LogP contribution in [-0.2, 0) is 19.0 Å². The second-order valence-electron chi connectivity index (χ2n) is 14.3. The Morgan fingerprint density at radius 3 is 2.49 bits per heavy atom. The summed E-state index contributed by atoms with van der Waals surface area (Å²) in [5.41, 5.74) is 0.823. The van der Waals surface area contributed by atoms with E-state index >= 15 is 0 Å². The Morgan fingerprint density at radius 1 is 0.943 bits per heavy atom. The summed E-state index contributed by atoms with van der Waals surface area (Å²) in [4.78, 5) is 12.1. The molecule has 4 nitrogen and oxygen atoms in total. The van der Waals surface area contributed by atoms with Crippen LogP contribution in [0.25, 0.3) is 0 Å². The van der Waals surface area contributed by atoms with Crippen molar-refractivity contribution in [3.05, 3.63) is 0 Å². The van der Waals surface area contributed by atoms with E-state index in [1.54, 1.807) is 0 Å². The monoisotopic (exact) mass is 486 g/mol. The predicted octanol–water partition coefficient (Wildman–Crippen LogP) is 7.14. The van der Waals surface area contributed by atoms with Crippen LogP contribution in [-0.4, -0.2) is 30.6 Å². The van der Waals surface area contributed by atoms with Crippen molar-refractivity contribution in [2.75, 3.05) is 6.61 Å². The van der Waals surface area contributed by atoms with Crippen LogP contribution in [0.5, 0.6) is 0 Å². The minimum Gasteiger partial charge on any atom is -0.462 e. The third-order valence-electron chi connectivity index (χ3n) is 12.6. The van der Waals surface area contributed by atoms with Crippen molar-refractivity contribution in [3.63, 3.8) is 0 Å². The lowest BCUT2D eigenvalue weighted by molar-refractivity contribution is -0.273. The molecule has 4 heteroatoms. The van der Waals surface area contributed by atoms with Gasteiger partial charge in [0.1, 0.15) is 6.10 Å². The topological polar surface area (TPSA) is 44.8 Å². The molecule has 35 heavy (non-hydrogen) atoms. The van der Waals surface area contributed by atoms with E-state index in [-0.39, 0.29) is 17.9 Å². The van der Waals surface area contributed by atoms with E-state index in [0.717, 1.165) is 56.0 Å². The third-order valence-corrected chi connectivity index (χ3v) is 12.6. The van der Waals surface area contributed by atoms with Crippen LogP contribution < -0.4 is 0 Å². The maximum Gasteiger partial charge on any atom is 0.306 e. The molecule has 0 radical (unpaired) electrons. The van der Waals surface area contributed by atoms with E-state index in [1.807, 2.05) is 0 Å². The molecule has 0 amide bonds. The summed E-state index contributed by atoms with van der Waals surface area (Å²) < 4.78 is 19.3. The van der Waals surface area contributed by atoms with Gasteiger partial charge in [0.15, 0.2) is 5.79 Å². The van der Waals surface area contributed by atoms with Gasteiger partial charge in [0.25, 0.3) is 0 Å². The molecule has 0 aromatic carbocycles. The van der Waals surface area contributed by atoms with Crippen molar-refractivity contribution in [3.8, 4) is 0 Å². The molecule has 0 unspecified atom stereocenters. The van der Waals surface area contributed by atoms with Crippen molar-refractivity contribution >= 4 is 5.97 Å². The highest BCUT2D eigenvalue weighted by Gasteiger charge is 2.69. The average Bonchev–Trinajstić information content (AvgIpc) is 3.26. The highest BCUT2D eigenvalue weighted by atomic mass is 16.7. The molecule has 0 aromatic rings. The molecular weight excluding hydrogens is 436 g/mol. The zero-order chi connectivity index (χ0) is 24.6. The Balaban J connectivity index is 1.17. The zero-order valence-electron chi connectivity index (χ0n) is 23.0. The second kappa shape index (κ2) is 8.72. The van der Waals surface area contributed by atoms with Crippen LogP contribution in [0, 0.1) is 52.3 Å². The van der Waals surface area contributed by atoms with Gasteiger partial charge in [-0.25, -0.2) is 0 Å². The summed E-state index contributed by atoms with van der Waals surface area (Å²) >= 11 is 0. The normalized spacial score (nSPS) is 55.1. The number of esters is 1. The van der Waals surface area contributed by atoms with Crippen LogP contribution in [0.4, 0.5) is 0 Å². The Kier molecular flexibility index (Phi) is 6.15. The molecule has 2 aliphatic heterocycles. The van der Waals surface area contributed by atoms with E-state index in [9.17, 15) is 4.79 Å². The Hall–Kier alpha value is -0.610. The van der Waals surface area contributed by atoms with Crippen molar-refractivity contribution in [2.24, 2.45) is 52.3 Å². The second-order valence-corrected chi connectivity index (χ2v) is 14.3. The fourth-order valence-electron chi connectivity index (χ4n) is 10.8. The van der Waals surface area contributed by atoms with E-state index in [1.165, 1.54) is 44.9 Å². The van der Waals surface area contributed by atoms with Gasteiger partial charge in [0.05, 0.1) is 12.7 Å². The van der Waals surface area contributed by atoms with E-state index in [0.29, 0.717) is 41.1 Å². The SMILES string of the molecule is CCCC(=O)O[C@@H]1CC[C@@]2(C)[C@@H](CC[C@@H]3[C@@H]2CC[C@]2(C)[C@@H]4[C@H](C[C@@H]32)O[C@]2(CC[C@@H](C)CO2)[C@H]4C)C1. The van der Waals surface area contributed by atoms with Crippen LogP contribution in [0.2, 0.25) is 0 Å². The lowest BCUT2D eigenvalue weighted by atomic mass is 9.44. The summed E-state index contributed by atoms with van der Waals surface area (Å²) in [6.07, 6.45) is 14.4. The van der Waals surface area contributed by atoms with Crippen LogP contribution in [0.15, 0.2) is 0 Å². The van der Waals surface area contributed by atoms with Gasteiger partial charge in [-0.15, -0.1) is 0 Å². The van der Waals surface area contributed by atoms with Gasteiger partial charge in [-0.2, -0.15) is 0 Å². The Labute approximate surface area is 213 Å². The number of rotatable bonds is 3. The number of carbonyl (C=O) groups is 1. The summed E-state index contributed by atoms with van der Waals surface area (Å²) in [6.45, 7) is 12.9. The molecule has 0 bridgehead atoms. The lowest BCUT2D eigenvalue weighted by Gasteiger charge is -2.61. The molecule has 12 atom stereocenters. The maximum absolute atomic E-state index is 12.1. The van der Waals surface area contributed by atoms with E-state index in [4.69, 9.17) is 14.2 Å². The van der Waals surface area contributed by atoms with Gasteiger partial charge < -0.3 is 14.2 Å². The summed E-state index contributed by atoms with van der Waals surface area (Å²) in [6, 6.07) is 0. The van der Waals surface area contributed by atoms with E-state index < -0.39 is 0 Å². The molecular formula is C31H50O4. The molecule has 2 heterocycles. The van der Waals surface area contributed by atoms with Crippen LogP contribution >= 0.6 is 0 Å². The van der Waals surface area contributed by atoms with Gasteiger partial charge in [-0.1, -0.05) is 34.6 Å². The highest BCUT2D eigenvalue weighted by molar-refractivity contribution is 5.69. The predicted molar refractivity (Wildman–Crippen MR) is 137 cm³/mol. The number of ether oxygens (including phenoxy) is 3. The summed E-state index contributed by atoms with van der Waals surface area (Å²) in [7, 11) is 0. The van der Waals surface area contributed by atoms with Gasteiger partial charge in [0.2, 0.25) is 0 Å². The van der Waals surface area contributed by atoms with Crippen molar-refractivity contribution < 1.29 is 19.0 Å². The largest absolute Gasteiger partial charge is 0.462 e. The number of fused-ring (bicyclic) bond motifs is 7. The van der Waals surface area contributed by atoms with Crippen LogP contribution in [0.3, 0.4) is 0 Å². The highest BCUT2D eigenvalue weighted by Crippen LogP contribution is 2.71. The minimum absolute atomic E-state index is 0.0176. The maximum atomic E-state index is 12.1. The first-order chi connectivity index (χ1) is 16.7. The quantitative estimate of drug-likeness (QED) is 0.398. The summed E-state index contributed by atoms with van der Waals surface area (Å²) in [5.74, 6) is 4.74. The van der Waals surface area contributed by atoms with Crippen molar-refractivity contribution in [2.45, 2.75) is 130 Å². The smallest absolute Gasteiger partial charge is 0.306 e. The number of hydrogen-bond acceptors (Lipinski definition) is 4. The first-order valence-electron chi connectivity index (χ1n) is 15.2. The Morgan fingerprint density at radius 2 is 1.74 bits per heavy atom. The number of carbonyl (C=O) groups excluding carboxylic acids is 1. The van der Waals surface area contributed by atoms with E-state index in [2.05, 4.69) is 34.6 Å². The van der Waals surface area contributed by atoms with Crippen molar-refractivity contribution in [1.29, 1.82) is 0 Å². The van der Waals surface area contributed by atoms with Crippen molar-refractivity contribution in [1.82, 2.24) is 0 Å². The fraction of sp³-hybridized carbons (Fsp3) is 0.968. The molecule has 198 valence electrons. The van der Waals surface area contributed by atoms with Crippen LogP contribution in [0.1, 0.15) is 112 Å². The molecule has 6 fully saturated rings. The fourth-order valence-corrected chi connectivity index (χ4v) is 10.8. The Bertz CT molecular complexity index is 817. The molecule has 6 aliphatic rings. The molecule has 4 saturated carbocycles. The first kappa shape index (κ1) is 24.7. The molecule has 0 N–H and O–H groups in total. The number of hydrogen-bond donors (Lipinski definition) is 0. The van der Waals surface area contributed by atoms with Gasteiger partial charge in [0, 0.05) is 18.8 Å². The molecule has 6 rings (SSSR count). The zero-order valence-corrected chi connectivity index (χ0v) is 23.0. The van der Waals surface area contributed by atoms with Gasteiger partial charge in [-0.05, 0) is 111 Å². The average molecular weight is 487 g/mol. The molecule has 1 spiro atoms. The molecule has 4 aliphatic carbocycles. The standard InChI is InChI=1S/C31H50O4/c1-6-7-27(32)34-22-11-13-29(4)21(16-22)8-9-23-24(29)12-14-30(5)25(23)17-26-28(30)20(3)31(35-26)15-10-19(2)18-33-31/h19-26,28H,6-18H2,1-5H3/t19-,20+,21+,22-,23-,24+,25+,26+,28+,29+,30+,31-/m1/s1. The van der Waals surface area contributed by atoms with Gasteiger partial charge >= 0.3 is 5.97 Å². The lowest BCUT2D eigenvalue weighted by Crippen LogP contribution is -2.55. The molecule has 2 saturated heterocycles. The first-order valence-corrected chi connectivity index (χ1v) is 15.2. The molecule has 0 aromatic heterocycles.